The number of carboxylic acid groups (broad SMARTS) is 1. The Kier molecular flexibility index (Phi) is 5.93. The van der Waals surface area contributed by atoms with E-state index in [1.165, 1.54) is 0 Å². The average molecular weight is 116 g/mol. The van der Waals surface area contributed by atoms with Crippen LogP contribution in [-0.4, -0.2) is 34.5 Å². The molecule has 0 saturated heterocycles. The van der Waals surface area contributed by atoms with E-state index in [0.717, 1.165) is 6.92 Å². The van der Waals surface area contributed by atoms with Crippen LogP contribution >= 0.6 is 0 Å². The summed E-state index contributed by atoms with van der Waals surface area (Å²) in [6, 6.07) is 0. The molecule has 0 aromatic rings. The van der Waals surface area contributed by atoms with Crippen molar-refractivity contribution in [2.45, 2.75) is 13.0 Å². The topological polar surface area (TPSA) is 60.4 Å². The Morgan fingerprint density at radius 2 is 2.00 bits per heavy atom. The van der Waals surface area contributed by atoms with Crippen LogP contribution in [0, 0.1) is 0 Å². The Balaban J connectivity index is 0. The smallest absolute Gasteiger partial charge is 0.547 e. The Bertz CT molecular complexity index is 61.2. The fourth-order valence-electron chi connectivity index (χ4n) is 0. The minimum Gasteiger partial charge on any atom is -0.547 e. The number of carboxylic acids is 1. The van der Waals surface area contributed by atoms with Crippen LogP contribution in [0.5, 0.6) is 0 Å². The first-order valence-corrected chi connectivity index (χ1v) is 1.53. The Morgan fingerprint density at radius 1 is 1.86 bits per heavy atom. The summed E-state index contributed by atoms with van der Waals surface area (Å²) < 4.78 is 0. The van der Waals surface area contributed by atoms with Gasteiger partial charge in [-0.1, -0.05) is 0 Å². The van der Waals surface area contributed by atoms with Crippen molar-refractivity contribution >= 4 is 23.3 Å². The van der Waals surface area contributed by atoms with E-state index in [0.29, 0.717) is 0 Å². The van der Waals surface area contributed by atoms with Gasteiger partial charge >= 0.3 is 17.4 Å². The van der Waals surface area contributed by atoms with Crippen LogP contribution < -0.4 is 5.11 Å². The zero-order valence-corrected chi connectivity index (χ0v) is 5.07. The molecule has 4 heteroatoms. The van der Waals surface area contributed by atoms with E-state index in [1.54, 1.807) is 0 Å². The molecular formula is C3H5AlO3. The zero-order chi connectivity index (χ0) is 5.15. The molecule has 0 aromatic heterocycles. The quantitative estimate of drug-likeness (QED) is 0.393. The maximum Gasteiger partial charge on any atom is 1.00 e. The molecule has 0 rings (SSSR count). The predicted molar refractivity (Wildman–Crippen MR) is 22.4 cm³/mol. The molecule has 3 nitrogen and oxygen atoms in total. The van der Waals surface area contributed by atoms with Crippen LogP contribution in [0.3, 0.4) is 0 Å². The van der Waals surface area contributed by atoms with Crippen molar-refractivity contribution in [3.63, 3.8) is 0 Å². The summed E-state index contributed by atoms with van der Waals surface area (Å²) in [5, 5.41) is 17.3. The molecule has 1 N–H and O–H groups in total. The number of rotatable bonds is 1. The summed E-state index contributed by atoms with van der Waals surface area (Å²) in [4.78, 5) is 9.34. The van der Waals surface area contributed by atoms with Gasteiger partial charge < -0.3 is 15.0 Å². The first kappa shape index (κ1) is 10.1. The van der Waals surface area contributed by atoms with Gasteiger partial charge in [-0.3, -0.25) is 0 Å². The number of carbonyl (C=O) groups excluding carboxylic acids is 1. The third-order valence-corrected chi connectivity index (χ3v) is 0.341. The molecular weight excluding hydrogens is 111 g/mol. The Morgan fingerprint density at radius 3 is 2.00 bits per heavy atom. The molecule has 7 heavy (non-hydrogen) atoms. The first-order chi connectivity index (χ1) is 2.64. The number of hydrogen-bond acceptors (Lipinski definition) is 3. The summed E-state index contributed by atoms with van der Waals surface area (Å²) in [6.45, 7) is 1.13. The first-order valence-electron chi connectivity index (χ1n) is 1.53. The van der Waals surface area contributed by atoms with Crippen molar-refractivity contribution in [3.05, 3.63) is 0 Å². The molecule has 1 unspecified atom stereocenters. The molecule has 1 atom stereocenters. The molecule has 0 aromatic carbocycles. The number of aliphatic carboxylic acids is 1. The number of aliphatic hydroxyl groups excluding tert-OH is 1. The second kappa shape index (κ2) is 4.13. The minimum atomic E-state index is -1.44. The maximum absolute atomic E-state index is 9.34. The van der Waals surface area contributed by atoms with Gasteiger partial charge in [0.05, 0.1) is 12.1 Å². The fourth-order valence-corrected chi connectivity index (χ4v) is 0. The number of aliphatic hydroxyl groups is 1. The second-order valence-electron chi connectivity index (χ2n) is 0.995. The van der Waals surface area contributed by atoms with Gasteiger partial charge in [0.2, 0.25) is 0 Å². The van der Waals surface area contributed by atoms with Crippen molar-refractivity contribution in [1.29, 1.82) is 0 Å². The summed E-state index contributed by atoms with van der Waals surface area (Å²) in [5.41, 5.74) is 0. The summed E-state index contributed by atoms with van der Waals surface area (Å²) in [7, 11) is 0. The van der Waals surface area contributed by atoms with Gasteiger partial charge in [-0.25, -0.2) is 0 Å². The zero-order valence-electron chi connectivity index (χ0n) is 3.92. The van der Waals surface area contributed by atoms with E-state index in [2.05, 4.69) is 0 Å². The van der Waals surface area contributed by atoms with E-state index in [1.807, 2.05) is 0 Å². The SMILES string of the molecule is CC(O)C(=O)[O-].[Al+]. The van der Waals surface area contributed by atoms with Gasteiger partial charge in [0.1, 0.15) is 0 Å². The van der Waals surface area contributed by atoms with Gasteiger partial charge in [-0.05, 0) is 6.92 Å². The van der Waals surface area contributed by atoms with Crippen LogP contribution in [0.2, 0.25) is 0 Å². The van der Waals surface area contributed by atoms with Crippen LogP contribution in [0.1, 0.15) is 6.92 Å². The molecule has 0 aliphatic heterocycles. The molecule has 0 saturated carbocycles. The molecule has 38 valence electrons. The molecule has 0 bridgehead atoms. The number of carbonyl (C=O) groups is 1. The normalized spacial score (nSPS) is 11.7. The summed E-state index contributed by atoms with van der Waals surface area (Å²) >= 11 is 0. The number of hydrogen-bond donors (Lipinski definition) is 1. The van der Waals surface area contributed by atoms with Gasteiger partial charge in [-0.2, -0.15) is 0 Å². The average Bonchev–Trinajstić information content (AvgIpc) is 1.36. The minimum absolute atomic E-state index is 0. The third kappa shape index (κ3) is 5.96. The molecule has 0 amide bonds. The van der Waals surface area contributed by atoms with Gasteiger partial charge in [0.25, 0.3) is 0 Å². The Hall–Kier alpha value is -0.0375. The molecule has 0 spiro atoms. The van der Waals surface area contributed by atoms with Crippen LogP contribution in [0.15, 0.2) is 0 Å². The van der Waals surface area contributed by atoms with E-state index in [9.17, 15) is 9.90 Å². The van der Waals surface area contributed by atoms with Gasteiger partial charge in [0, 0.05) is 0 Å². The van der Waals surface area contributed by atoms with E-state index in [4.69, 9.17) is 5.11 Å². The molecule has 2 radical (unpaired) electrons. The third-order valence-electron chi connectivity index (χ3n) is 0.341. The molecule has 0 fully saturated rings. The van der Waals surface area contributed by atoms with E-state index >= 15 is 0 Å². The summed E-state index contributed by atoms with van der Waals surface area (Å²) in [6.07, 6.45) is -1.34. The van der Waals surface area contributed by atoms with Crippen LogP contribution in [0.25, 0.3) is 0 Å². The van der Waals surface area contributed by atoms with Crippen LogP contribution in [-0.2, 0) is 4.79 Å². The van der Waals surface area contributed by atoms with Crippen molar-refractivity contribution in [2.75, 3.05) is 0 Å². The van der Waals surface area contributed by atoms with E-state index in [-0.39, 0.29) is 17.4 Å². The van der Waals surface area contributed by atoms with E-state index < -0.39 is 12.1 Å². The van der Waals surface area contributed by atoms with Crippen molar-refractivity contribution < 1.29 is 15.0 Å². The molecule has 0 aliphatic rings. The standard InChI is InChI=1S/C3H6O3.Al/c1-2(4)3(5)6;/h2,4H,1H3,(H,5,6);/q;+1/p-1. The maximum atomic E-state index is 9.34. The van der Waals surface area contributed by atoms with Crippen molar-refractivity contribution in [3.8, 4) is 0 Å². The van der Waals surface area contributed by atoms with Gasteiger partial charge in [0.15, 0.2) is 0 Å². The molecule has 0 heterocycles. The summed E-state index contributed by atoms with van der Waals surface area (Å²) in [5.74, 6) is -1.44. The van der Waals surface area contributed by atoms with Crippen molar-refractivity contribution in [2.24, 2.45) is 0 Å². The monoisotopic (exact) mass is 116 g/mol. The fraction of sp³-hybridized carbons (Fsp3) is 0.667. The second-order valence-corrected chi connectivity index (χ2v) is 0.995. The van der Waals surface area contributed by atoms with Gasteiger partial charge in [-0.15, -0.1) is 0 Å². The van der Waals surface area contributed by atoms with Crippen LogP contribution in [0.4, 0.5) is 0 Å². The van der Waals surface area contributed by atoms with Crippen molar-refractivity contribution in [1.82, 2.24) is 0 Å². The largest absolute Gasteiger partial charge is 1.00 e. The molecule has 0 aliphatic carbocycles. The predicted octanol–water partition coefficient (Wildman–Crippen LogP) is -2.26. The Labute approximate surface area is 52.1 Å².